The summed E-state index contributed by atoms with van der Waals surface area (Å²) >= 11 is 0. The maximum atomic E-state index is 10.7. The van der Waals surface area contributed by atoms with Crippen molar-refractivity contribution < 1.29 is 13.2 Å². The molecule has 1 aromatic rings. The highest BCUT2D eigenvalue weighted by Crippen LogP contribution is 2.17. The summed E-state index contributed by atoms with van der Waals surface area (Å²) in [7, 11) is -2.50. The second kappa shape index (κ2) is 7.50. The van der Waals surface area contributed by atoms with Gasteiger partial charge in [0.1, 0.15) is 12.4 Å². The van der Waals surface area contributed by atoms with E-state index >= 15 is 0 Å². The molecule has 2 rings (SSSR count). The minimum Gasteiger partial charge on any atom is -0.492 e. The first-order chi connectivity index (χ1) is 9.25. The zero-order valence-electron chi connectivity index (χ0n) is 11.0. The lowest BCUT2D eigenvalue weighted by Gasteiger charge is -2.22. The van der Waals surface area contributed by atoms with Crippen molar-refractivity contribution in [1.82, 2.24) is 5.32 Å². The van der Waals surface area contributed by atoms with Crippen LogP contribution < -0.4 is 10.1 Å². The highest BCUT2D eigenvalue weighted by molar-refractivity contribution is 7.72. The summed E-state index contributed by atoms with van der Waals surface area (Å²) in [6.07, 6.45) is 6.56. The molecule has 1 aliphatic carbocycles. The van der Waals surface area contributed by atoms with Crippen LogP contribution in [0.1, 0.15) is 32.1 Å². The third-order valence-corrected chi connectivity index (χ3v) is 4.18. The van der Waals surface area contributed by atoms with Crippen molar-refractivity contribution in [1.29, 1.82) is 0 Å². The minimum atomic E-state index is -2.50. The van der Waals surface area contributed by atoms with Gasteiger partial charge in [-0.3, -0.25) is 0 Å². The number of hydrogen-bond acceptors (Lipinski definition) is 4. The Hall–Kier alpha value is -1.07. The molecule has 1 fully saturated rings. The molecule has 4 nitrogen and oxygen atoms in total. The van der Waals surface area contributed by atoms with Gasteiger partial charge >= 0.3 is 0 Å². The molecule has 0 unspecified atom stereocenters. The number of thiol groups is 1. The second-order valence-electron chi connectivity index (χ2n) is 4.89. The van der Waals surface area contributed by atoms with E-state index in [9.17, 15) is 8.42 Å². The molecule has 0 radical (unpaired) electrons. The SMILES string of the molecule is O=[SH](=O)c1ccc(OCCNC2CCCCC2)cc1. The van der Waals surface area contributed by atoms with Crippen molar-refractivity contribution in [2.24, 2.45) is 0 Å². The normalized spacial score (nSPS) is 16.7. The lowest BCUT2D eigenvalue weighted by molar-refractivity contribution is 0.289. The lowest BCUT2D eigenvalue weighted by Crippen LogP contribution is -2.34. The van der Waals surface area contributed by atoms with Crippen LogP contribution in [0.5, 0.6) is 5.75 Å². The first-order valence-corrected chi connectivity index (χ1v) is 8.04. The van der Waals surface area contributed by atoms with Crippen LogP contribution in [0, 0.1) is 0 Å². The highest BCUT2D eigenvalue weighted by atomic mass is 32.2. The van der Waals surface area contributed by atoms with E-state index in [1.807, 2.05) is 0 Å². The summed E-state index contributed by atoms with van der Waals surface area (Å²) in [6, 6.07) is 7.16. The third kappa shape index (κ3) is 4.84. The Balaban J connectivity index is 1.67. The number of benzene rings is 1. The summed E-state index contributed by atoms with van der Waals surface area (Å²) in [5.41, 5.74) is 0. The van der Waals surface area contributed by atoms with Crippen molar-refractivity contribution in [3.63, 3.8) is 0 Å². The van der Waals surface area contributed by atoms with E-state index in [1.165, 1.54) is 32.1 Å². The van der Waals surface area contributed by atoms with Crippen molar-refractivity contribution in [2.45, 2.75) is 43.0 Å². The molecule has 0 spiro atoms. The van der Waals surface area contributed by atoms with Crippen LogP contribution in [-0.4, -0.2) is 27.6 Å². The van der Waals surface area contributed by atoms with E-state index < -0.39 is 10.7 Å². The van der Waals surface area contributed by atoms with Crippen LogP contribution in [0.4, 0.5) is 0 Å². The average Bonchev–Trinajstić information content (AvgIpc) is 2.45. The van der Waals surface area contributed by atoms with E-state index in [1.54, 1.807) is 24.3 Å². The molecule has 0 aliphatic heterocycles. The van der Waals surface area contributed by atoms with E-state index in [2.05, 4.69) is 5.32 Å². The summed E-state index contributed by atoms with van der Waals surface area (Å²) < 4.78 is 27.0. The molecule has 106 valence electrons. The Morgan fingerprint density at radius 2 is 1.79 bits per heavy atom. The number of nitrogens with one attached hydrogen (secondary N) is 1. The van der Waals surface area contributed by atoms with Crippen LogP contribution in [0.2, 0.25) is 0 Å². The predicted octanol–water partition coefficient (Wildman–Crippen LogP) is 1.96. The Bertz CT molecular complexity index is 442. The van der Waals surface area contributed by atoms with Gasteiger partial charge in [0.25, 0.3) is 0 Å². The van der Waals surface area contributed by atoms with E-state index in [4.69, 9.17) is 4.74 Å². The molecule has 1 saturated carbocycles. The topological polar surface area (TPSA) is 55.4 Å². The smallest absolute Gasteiger partial charge is 0.168 e. The summed E-state index contributed by atoms with van der Waals surface area (Å²) in [5, 5.41) is 3.50. The van der Waals surface area contributed by atoms with Gasteiger partial charge in [-0.1, -0.05) is 19.3 Å². The predicted molar refractivity (Wildman–Crippen MR) is 75.4 cm³/mol. The molecular weight excluding hydrogens is 262 g/mol. The molecule has 1 aliphatic rings. The van der Waals surface area contributed by atoms with Crippen LogP contribution in [0.15, 0.2) is 29.2 Å². The molecule has 19 heavy (non-hydrogen) atoms. The largest absolute Gasteiger partial charge is 0.492 e. The molecule has 0 aromatic heterocycles. The molecule has 0 heterocycles. The molecule has 1 aromatic carbocycles. The van der Waals surface area contributed by atoms with E-state index in [0.29, 0.717) is 23.3 Å². The monoisotopic (exact) mass is 283 g/mol. The van der Waals surface area contributed by atoms with Crippen LogP contribution in [0.25, 0.3) is 0 Å². The van der Waals surface area contributed by atoms with Gasteiger partial charge in [-0.05, 0) is 37.1 Å². The molecule has 0 bridgehead atoms. The second-order valence-corrected chi connectivity index (χ2v) is 5.92. The fourth-order valence-corrected chi connectivity index (χ4v) is 2.80. The van der Waals surface area contributed by atoms with Gasteiger partial charge in [0.15, 0.2) is 10.7 Å². The zero-order chi connectivity index (χ0) is 13.5. The Morgan fingerprint density at radius 1 is 1.11 bits per heavy atom. The lowest BCUT2D eigenvalue weighted by atomic mass is 9.96. The first kappa shape index (κ1) is 14.3. The zero-order valence-corrected chi connectivity index (χ0v) is 11.9. The number of hydrogen-bond donors (Lipinski definition) is 2. The number of ether oxygens (including phenoxy) is 1. The van der Waals surface area contributed by atoms with Crippen molar-refractivity contribution >= 4 is 10.7 Å². The molecule has 0 atom stereocenters. The van der Waals surface area contributed by atoms with Gasteiger partial charge in [-0.2, -0.15) is 0 Å². The fraction of sp³-hybridized carbons (Fsp3) is 0.571. The Kier molecular flexibility index (Phi) is 5.66. The maximum Gasteiger partial charge on any atom is 0.168 e. The minimum absolute atomic E-state index is 0.322. The maximum absolute atomic E-state index is 10.7. The third-order valence-electron chi connectivity index (χ3n) is 3.46. The van der Waals surface area contributed by atoms with Crippen LogP contribution >= 0.6 is 0 Å². The van der Waals surface area contributed by atoms with E-state index in [-0.39, 0.29) is 0 Å². The van der Waals surface area contributed by atoms with Gasteiger partial charge in [-0.25, -0.2) is 8.42 Å². The number of rotatable bonds is 6. The van der Waals surface area contributed by atoms with Crippen molar-refractivity contribution in [3.05, 3.63) is 24.3 Å². The summed E-state index contributed by atoms with van der Waals surface area (Å²) in [5.74, 6) is 0.714. The molecule has 5 heteroatoms. The summed E-state index contributed by atoms with van der Waals surface area (Å²) in [6.45, 7) is 1.45. The van der Waals surface area contributed by atoms with Crippen LogP contribution in [0.3, 0.4) is 0 Å². The summed E-state index contributed by atoms with van der Waals surface area (Å²) in [4.78, 5) is 0.322. The quantitative estimate of drug-likeness (QED) is 0.619. The molecule has 0 amide bonds. The van der Waals surface area contributed by atoms with Gasteiger partial charge in [0, 0.05) is 12.6 Å². The van der Waals surface area contributed by atoms with Gasteiger partial charge in [0.05, 0.1) is 4.90 Å². The standard InChI is InChI=1S/C14H21NO3S/c16-19(17)14-8-6-13(7-9-14)18-11-10-15-12-4-2-1-3-5-12/h6-9,12,15,19H,1-5,10-11H2. The first-order valence-electron chi connectivity index (χ1n) is 6.86. The Labute approximate surface area is 116 Å². The molecule has 0 saturated heterocycles. The molecule has 1 N–H and O–H groups in total. The van der Waals surface area contributed by atoms with Crippen molar-refractivity contribution in [3.8, 4) is 5.75 Å². The van der Waals surface area contributed by atoms with Crippen LogP contribution in [-0.2, 0) is 10.7 Å². The average molecular weight is 283 g/mol. The van der Waals surface area contributed by atoms with Crippen molar-refractivity contribution in [2.75, 3.05) is 13.2 Å². The Morgan fingerprint density at radius 3 is 2.42 bits per heavy atom. The van der Waals surface area contributed by atoms with Gasteiger partial charge < -0.3 is 10.1 Å². The fourth-order valence-electron chi connectivity index (χ4n) is 2.40. The molecular formula is C14H21NO3S. The highest BCUT2D eigenvalue weighted by Gasteiger charge is 2.11. The van der Waals surface area contributed by atoms with E-state index in [0.717, 1.165) is 6.54 Å². The van der Waals surface area contributed by atoms with Gasteiger partial charge in [0.2, 0.25) is 0 Å². The van der Waals surface area contributed by atoms with Gasteiger partial charge in [-0.15, -0.1) is 0 Å².